The number of aromatic nitrogens is 1. The molecule has 5 heteroatoms. The number of nitrogens with two attached hydrogens (primary N) is 1. The Morgan fingerprint density at radius 1 is 1.55 bits per heavy atom. The second-order valence-corrected chi connectivity index (χ2v) is 5.34. The van der Waals surface area contributed by atoms with Crippen LogP contribution in [0.15, 0.2) is 18.3 Å². The predicted octanol–water partition coefficient (Wildman–Crippen LogP) is 2.13. The molecule has 0 aliphatic carbocycles. The van der Waals surface area contributed by atoms with Crippen molar-refractivity contribution in [2.75, 3.05) is 12.3 Å². The highest BCUT2D eigenvalue weighted by Gasteiger charge is 2.35. The van der Waals surface area contributed by atoms with Gasteiger partial charge in [0.05, 0.1) is 11.2 Å². The summed E-state index contributed by atoms with van der Waals surface area (Å²) in [6, 6.07) is 3.55. The number of amides is 1. The number of ether oxygens (including phenoxy) is 1. The first kappa shape index (κ1) is 14.8. The lowest BCUT2D eigenvalue weighted by atomic mass is 9.86. The average molecular weight is 277 g/mol. The van der Waals surface area contributed by atoms with E-state index in [-0.39, 0.29) is 23.4 Å². The van der Waals surface area contributed by atoms with Crippen LogP contribution in [0.3, 0.4) is 0 Å². The highest BCUT2D eigenvalue weighted by Crippen LogP contribution is 2.31. The zero-order valence-electron chi connectivity index (χ0n) is 12.2. The summed E-state index contributed by atoms with van der Waals surface area (Å²) in [5, 5.41) is 3.06. The molecule has 1 aromatic rings. The van der Waals surface area contributed by atoms with Gasteiger partial charge in [0, 0.05) is 18.8 Å². The largest absolute Gasteiger partial charge is 0.383 e. The number of pyridine rings is 1. The van der Waals surface area contributed by atoms with Gasteiger partial charge in [0.25, 0.3) is 5.91 Å². The molecule has 1 aromatic heterocycles. The molecule has 2 rings (SSSR count). The molecule has 1 aliphatic rings. The summed E-state index contributed by atoms with van der Waals surface area (Å²) < 4.78 is 5.92. The third kappa shape index (κ3) is 3.10. The van der Waals surface area contributed by atoms with Crippen molar-refractivity contribution in [2.24, 2.45) is 0 Å². The summed E-state index contributed by atoms with van der Waals surface area (Å²) in [6.07, 6.45) is 5.20. The van der Waals surface area contributed by atoms with E-state index in [0.717, 1.165) is 25.7 Å². The number of rotatable bonds is 4. The molecular weight excluding hydrogens is 254 g/mol. The molecule has 1 fully saturated rings. The fourth-order valence-corrected chi connectivity index (χ4v) is 2.77. The Labute approximate surface area is 119 Å². The van der Waals surface area contributed by atoms with Crippen LogP contribution in [0.5, 0.6) is 0 Å². The van der Waals surface area contributed by atoms with Gasteiger partial charge in [-0.05, 0) is 37.8 Å². The first-order valence-electron chi connectivity index (χ1n) is 7.25. The van der Waals surface area contributed by atoms with E-state index in [1.165, 1.54) is 0 Å². The molecule has 5 nitrogen and oxygen atoms in total. The molecule has 110 valence electrons. The number of hydrogen-bond donors (Lipinski definition) is 2. The maximum atomic E-state index is 12.2. The number of hydrogen-bond acceptors (Lipinski definition) is 4. The Bertz CT molecular complexity index is 472. The van der Waals surface area contributed by atoms with E-state index < -0.39 is 0 Å². The summed E-state index contributed by atoms with van der Waals surface area (Å²) >= 11 is 0. The summed E-state index contributed by atoms with van der Waals surface area (Å²) in [5.74, 6) is 0.123. The van der Waals surface area contributed by atoms with E-state index in [0.29, 0.717) is 12.2 Å². The molecule has 1 saturated heterocycles. The minimum Gasteiger partial charge on any atom is -0.383 e. The molecule has 3 N–H and O–H groups in total. The van der Waals surface area contributed by atoms with Gasteiger partial charge in [-0.15, -0.1) is 0 Å². The average Bonchev–Trinajstić information content (AvgIpc) is 2.47. The molecule has 20 heavy (non-hydrogen) atoms. The maximum Gasteiger partial charge on any atom is 0.255 e. The minimum absolute atomic E-state index is 0.101. The van der Waals surface area contributed by atoms with Gasteiger partial charge in [-0.2, -0.15) is 0 Å². The molecule has 1 aliphatic heterocycles. The Hall–Kier alpha value is -1.62. The van der Waals surface area contributed by atoms with E-state index in [4.69, 9.17) is 10.5 Å². The van der Waals surface area contributed by atoms with E-state index in [1.54, 1.807) is 18.3 Å². The molecule has 0 radical (unpaired) electrons. The zero-order valence-corrected chi connectivity index (χ0v) is 12.2. The summed E-state index contributed by atoms with van der Waals surface area (Å²) in [7, 11) is 0. The van der Waals surface area contributed by atoms with Crippen molar-refractivity contribution in [1.82, 2.24) is 10.3 Å². The quantitative estimate of drug-likeness (QED) is 0.884. The van der Waals surface area contributed by atoms with Crippen LogP contribution in [-0.4, -0.2) is 29.1 Å². The van der Waals surface area contributed by atoms with E-state index in [1.807, 2.05) is 0 Å². The van der Waals surface area contributed by atoms with Crippen molar-refractivity contribution in [3.63, 3.8) is 0 Å². The normalized spacial score (nSPS) is 21.4. The van der Waals surface area contributed by atoms with Crippen molar-refractivity contribution in [3.8, 4) is 0 Å². The van der Waals surface area contributed by atoms with Crippen molar-refractivity contribution in [3.05, 3.63) is 23.9 Å². The third-order valence-electron chi connectivity index (χ3n) is 4.20. The van der Waals surface area contributed by atoms with Crippen LogP contribution in [0.2, 0.25) is 0 Å². The van der Waals surface area contributed by atoms with Gasteiger partial charge < -0.3 is 15.8 Å². The highest BCUT2D eigenvalue weighted by molar-refractivity contribution is 5.98. The Morgan fingerprint density at radius 2 is 2.30 bits per heavy atom. The smallest absolute Gasteiger partial charge is 0.255 e. The fourth-order valence-electron chi connectivity index (χ4n) is 2.77. The lowest BCUT2D eigenvalue weighted by Gasteiger charge is -2.40. The molecule has 1 amide bonds. The van der Waals surface area contributed by atoms with Crippen molar-refractivity contribution >= 4 is 11.7 Å². The molecule has 0 saturated carbocycles. The summed E-state index contributed by atoms with van der Waals surface area (Å²) in [4.78, 5) is 16.2. The number of nitrogens with zero attached hydrogens (tertiary/aromatic N) is 1. The van der Waals surface area contributed by atoms with Crippen LogP contribution < -0.4 is 11.1 Å². The first-order valence-corrected chi connectivity index (χ1v) is 7.25. The SMILES string of the molecule is CCC1(CC)CC(NC(=O)c2cccnc2N)CCO1. The van der Waals surface area contributed by atoms with Gasteiger partial charge in [-0.3, -0.25) is 4.79 Å². The first-order chi connectivity index (χ1) is 9.60. The van der Waals surface area contributed by atoms with Crippen LogP contribution in [-0.2, 0) is 4.74 Å². The standard InChI is InChI=1S/C15H23N3O2/c1-3-15(4-2)10-11(7-9-20-15)18-14(19)12-6-5-8-17-13(12)16/h5-6,8,11H,3-4,7,9-10H2,1-2H3,(H2,16,17)(H,18,19). The number of carbonyl (C=O) groups excluding carboxylic acids is 1. The van der Waals surface area contributed by atoms with Gasteiger partial charge in [0.1, 0.15) is 5.82 Å². The summed E-state index contributed by atoms with van der Waals surface area (Å²) in [6.45, 7) is 4.95. The number of carbonyl (C=O) groups is 1. The lowest BCUT2D eigenvalue weighted by molar-refractivity contribution is -0.0917. The molecule has 0 aromatic carbocycles. The second-order valence-electron chi connectivity index (χ2n) is 5.34. The van der Waals surface area contributed by atoms with Crippen LogP contribution in [0.1, 0.15) is 49.9 Å². The van der Waals surface area contributed by atoms with Crippen molar-refractivity contribution < 1.29 is 9.53 Å². The van der Waals surface area contributed by atoms with Gasteiger partial charge in [-0.25, -0.2) is 4.98 Å². The van der Waals surface area contributed by atoms with Crippen LogP contribution in [0.25, 0.3) is 0 Å². The van der Waals surface area contributed by atoms with Crippen molar-refractivity contribution in [2.45, 2.75) is 51.2 Å². The van der Waals surface area contributed by atoms with Crippen LogP contribution in [0, 0.1) is 0 Å². The molecule has 0 spiro atoms. The molecule has 1 atom stereocenters. The van der Waals surface area contributed by atoms with Gasteiger partial charge in [0.15, 0.2) is 0 Å². The topological polar surface area (TPSA) is 77.2 Å². The van der Waals surface area contributed by atoms with E-state index >= 15 is 0 Å². The number of nitrogens with one attached hydrogen (secondary N) is 1. The molecule has 2 heterocycles. The molecule has 0 bridgehead atoms. The second kappa shape index (κ2) is 6.22. The van der Waals surface area contributed by atoms with Crippen LogP contribution in [0.4, 0.5) is 5.82 Å². The third-order valence-corrected chi connectivity index (χ3v) is 4.20. The zero-order chi connectivity index (χ0) is 14.6. The van der Waals surface area contributed by atoms with Crippen molar-refractivity contribution in [1.29, 1.82) is 0 Å². The molecule has 1 unspecified atom stereocenters. The van der Waals surface area contributed by atoms with E-state index in [2.05, 4.69) is 24.1 Å². The Balaban J connectivity index is 2.03. The van der Waals surface area contributed by atoms with Gasteiger partial charge in [0.2, 0.25) is 0 Å². The number of anilines is 1. The van der Waals surface area contributed by atoms with Crippen LogP contribution >= 0.6 is 0 Å². The fraction of sp³-hybridized carbons (Fsp3) is 0.600. The number of nitrogen functional groups attached to an aromatic ring is 1. The Morgan fingerprint density at radius 3 is 2.95 bits per heavy atom. The minimum atomic E-state index is -0.149. The lowest BCUT2D eigenvalue weighted by Crippen LogP contribution is -2.48. The predicted molar refractivity (Wildman–Crippen MR) is 78.4 cm³/mol. The van der Waals surface area contributed by atoms with Gasteiger partial charge >= 0.3 is 0 Å². The highest BCUT2D eigenvalue weighted by atomic mass is 16.5. The van der Waals surface area contributed by atoms with Gasteiger partial charge in [-0.1, -0.05) is 13.8 Å². The molecular formula is C15H23N3O2. The monoisotopic (exact) mass is 277 g/mol. The van der Waals surface area contributed by atoms with E-state index in [9.17, 15) is 4.79 Å². The maximum absolute atomic E-state index is 12.2. The Kier molecular flexibility index (Phi) is 4.60. The summed E-state index contributed by atoms with van der Waals surface area (Å²) in [5.41, 5.74) is 6.08.